The summed E-state index contributed by atoms with van der Waals surface area (Å²) in [7, 11) is 3.29. The van der Waals surface area contributed by atoms with Crippen LogP contribution in [-0.2, 0) is 5.75 Å². The first kappa shape index (κ1) is 20.4. The van der Waals surface area contributed by atoms with E-state index in [-0.39, 0.29) is 18.5 Å². The number of hydrogen-bond donors (Lipinski definition) is 1. The Kier molecular flexibility index (Phi) is 9.79. The lowest BCUT2D eigenvalue weighted by Gasteiger charge is -2.28. The summed E-state index contributed by atoms with van der Waals surface area (Å²) >= 11 is 1.76. The van der Waals surface area contributed by atoms with Crippen molar-refractivity contribution in [1.82, 2.24) is 4.90 Å². The normalized spacial score (nSPS) is 16.5. The summed E-state index contributed by atoms with van der Waals surface area (Å²) in [5.74, 6) is 3.15. The Bertz CT molecular complexity index is 455. The summed E-state index contributed by atoms with van der Waals surface area (Å²) in [5, 5.41) is 10.2. The van der Waals surface area contributed by atoms with Gasteiger partial charge in [-0.05, 0) is 43.6 Å². The van der Waals surface area contributed by atoms with Crippen LogP contribution in [0.25, 0.3) is 0 Å². The minimum atomic E-state index is -0.247. The van der Waals surface area contributed by atoms with Gasteiger partial charge in [0.25, 0.3) is 0 Å². The lowest BCUT2D eigenvalue weighted by Crippen LogP contribution is -2.37. The van der Waals surface area contributed by atoms with Gasteiger partial charge >= 0.3 is 0 Å². The molecular weight excluding hydrogens is 334 g/mol. The average Bonchev–Trinajstić information content (AvgIpc) is 2.55. The number of aliphatic hydroxyl groups excluding tert-OH is 1. The number of rotatable bonds is 8. The monoisotopic (exact) mass is 361 g/mol. The van der Waals surface area contributed by atoms with Crippen LogP contribution < -0.4 is 9.47 Å². The summed E-state index contributed by atoms with van der Waals surface area (Å²) in [5.41, 5.74) is 1.19. The second kappa shape index (κ2) is 11.0. The molecule has 0 saturated carbocycles. The van der Waals surface area contributed by atoms with Crippen molar-refractivity contribution in [2.45, 2.75) is 31.1 Å². The Morgan fingerprint density at radius 1 is 1.13 bits per heavy atom. The van der Waals surface area contributed by atoms with Crippen molar-refractivity contribution >= 4 is 24.2 Å². The summed E-state index contributed by atoms with van der Waals surface area (Å²) in [6.45, 7) is 3.08. The Hall–Kier alpha value is -0.620. The molecule has 23 heavy (non-hydrogen) atoms. The highest BCUT2D eigenvalue weighted by Crippen LogP contribution is 2.29. The highest BCUT2D eigenvalue weighted by atomic mass is 35.5. The van der Waals surface area contributed by atoms with Crippen molar-refractivity contribution < 1.29 is 14.6 Å². The number of ether oxygens (including phenoxy) is 2. The third-order valence-corrected chi connectivity index (χ3v) is 5.10. The van der Waals surface area contributed by atoms with Crippen LogP contribution in [0.3, 0.4) is 0 Å². The van der Waals surface area contributed by atoms with E-state index in [1.807, 2.05) is 18.2 Å². The van der Waals surface area contributed by atoms with E-state index in [2.05, 4.69) is 4.90 Å². The van der Waals surface area contributed by atoms with E-state index in [9.17, 15) is 5.11 Å². The fourth-order valence-corrected chi connectivity index (χ4v) is 3.69. The predicted molar refractivity (Wildman–Crippen MR) is 99.3 cm³/mol. The molecule has 132 valence electrons. The van der Waals surface area contributed by atoms with E-state index in [1.165, 1.54) is 24.8 Å². The first-order valence-corrected chi connectivity index (χ1v) is 9.07. The maximum atomic E-state index is 10.2. The molecule has 0 radical (unpaired) electrons. The number of likely N-dealkylation sites (tertiary alicyclic amines) is 1. The van der Waals surface area contributed by atoms with Gasteiger partial charge in [0, 0.05) is 18.1 Å². The fraction of sp³-hybridized carbons (Fsp3) is 0.647. The zero-order valence-corrected chi connectivity index (χ0v) is 15.6. The third-order valence-electron chi connectivity index (χ3n) is 3.94. The number of halogens is 1. The number of piperidine rings is 1. The standard InChI is InChI=1S/C17H27NO3S.ClH/c1-20-16-7-6-14(10-17(16)21-2)12-22-13-15(19)11-18-8-4-3-5-9-18;/h6-7,10,15,19H,3-5,8-9,11-13H2,1-2H3;1H. The third kappa shape index (κ3) is 6.79. The maximum absolute atomic E-state index is 10.2. The quantitative estimate of drug-likeness (QED) is 0.770. The number of thioether (sulfide) groups is 1. The first-order valence-electron chi connectivity index (χ1n) is 7.92. The topological polar surface area (TPSA) is 41.9 Å². The number of β-amino-alcohol motifs (C(OH)–C–C–N with tert-alkyl or cyclic N) is 1. The molecule has 1 aromatic carbocycles. The van der Waals surface area contributed by atoms with E-state index in [4.69, 9.17) is 9.47 Å². The van der Waals surface area contributed by atoms with Crippen LogP contribution in [0.15, 0.2) is 18.2 Å². The van der Waals surface area contributed by atoms with E-state index in [1.54, 1.807) is 26.0 Å². The molecule has 4 nitrogen and oxygen atoms in total. The Balaban J connectivity index is 0.00000264. The molecule has 6 heteroatoms. The van der Waals surface area contributed by atoms with E-state index < -0.39 is 0 Å². The van der Waals surface area contributed by atoms with Crippen molar-refractivity contribution in [3.05, 3.63) is 23.8 Å². The van der Waals surface area contributed by atoms with Gasteiger partial charge in [0.05, 0.1) is 20.3 Å². The lowest BCUT2D eigenvalue weighted by molar-refractivity contribution is 0.117. The molecular formula is C17H28ClNO3S. The largest absolute Gasteiger partial charge is 0.493 e. The number of nitrogens with zero attached hydrogens (tertiary/aromatic N) is 1. The van der Waals surface area contributed by atoms with Crippen molar-refractivity contribution in [3.63, 3.8) is 0 Å². The predicted octanol–water partition coefficient (Wildman–Crippen LogP) is 3.21. The fourth-order valence-electron chi connectivity index (χ4n) is 2.78. The van der Waals surface area contributed by atoms with E-state index >= 15 is 0 Å². The van der Waals surface area contributed by atoms with Gasteiger partial charge in [0.15, 0.2) is 11.5 Å². The van der Waals surface area contributed by atoms with Gasteiger partial charge < -0.3 is 19.5 Å². The molecule has 0 aromatic heterocycles. The summed E-state index contributed by atoms with van der Waals surface area (Å²) in [6, 6.07) is 5.98. The van der Waals surface area contributed by atoms with Gasteiger partial charge in [-0.15, -0.1) is 12.4 Å². The summed E-state index contributed by atoms with van der Waals surface area (Å²) in [6.07, 6.45) is 3.63. The zero-order chi connectivity index (χ0) is 15.8. The molecule has 1 N–H and O–H groups in total. The van der Waals surface area contributed by atoms with Gasteiger partial charge in [-0.2, -0.15) is 11.8 Å². The van der Waals surface area contributed by atoms with Crippen LogP contribution in [0, 0.1) is 0 Å². The van der Waals surface area contributed by atoms with Crippen molar-refractivity contribution in [1.29, 1.82) is 0 Å². The highest BCUT2D eigenvalue weighted by molar-refractivity contribution is 7.98. The Labute approximate surface area is 149 Å². The van der Waals surface area contributed by atoms with Crippen LogP contribution in [0.4, 0.5) is 0 Å². The van der Waals surface area contributed by atoms with Gasteiger partial charge in [0.1, 0.15) is 0 Å². The molecule has 1 heterocycles. The Morgan fingerprint density at radius 2 is 1.83 bits per heavy atom. The van der Waals surface area contributed by atoms with Crippen LogP contribution in [0.5, 0.6) is 11.5 Å². The number of hydrogen-bond acceptors (Lipinski definition) is 5. The van der Waals surface area contributed by atoms with Gasteiger partial charge in [-0.25, -0.2) is 0 Å². The molecule has 1 aliphatic rings. The maximum Gasteiger partial charge on any atom is 0.161 e. The highest BCUT2D eigenvalue weighted by Gasteiger charge is 2.14. The molecule has 0 amide bonds. The van der Waals surface area contributed by atoms with Crippen LogP contribution in [0.2, 0.25) is 0 Å². The van der Waals surface area contributed by atoms with Crippen molar-refractivity contribution in [3.8, 4) is 11.5 Å². The SMILES string of the molecule is COc1ccc(CSCC(O)CN2CCCCC2)cc1OC.Cl. The van der Waals surface area contributed by atoms with Crippen molar-refractivity contribution in [2.24, 2.45) is 0 Å². The molecule has 1 aliphatic heterocycles. The molecule has 1 unspecified atom stereocenters. The Morgan fingerprint density at radius 3 is 2.48 bits per heavy atom. The molecule has 1 saturated heterocycles. The molecule has 1 atom stereocenters. The molecule has 2 rings (SSSR count). The van der Waals surface area contributed by atoms with E-state index in [0.717, 1.165) is 42.6 Å². The van der Waals surface area contributed by atoms with Gasteiger partial charge in [-0.3, -0.25) is 0 Å². The minimum absolute atomic E-state index is 0. The second-order valence-electron chi connectivity index (χ2n) is 5.72. The van der Waals surface area contributed by atoms with Crippen LogP contribution >= 0.6 is 24.2 Å². The van der Waals surface area contributed by atoms with Crippen LogP contribution in [-0.4, -0.2) is 55.7 Å². The average molecular weight is 362 g/mol. The number of aliphatic hydroxyl groups is 1. The lowest BCUT2D eigenvalue weighted by atomic mass is 10.1. The second-order valence-corrected chi connectivity index (χ2v) is 6.75. The number of methoxy groups -OCH3 is 2. The zero-order valence-electron chi connectivity index (χ0n) is 14.0. The molecule has 0 spiro atoms. The van der Waals surface area contributed by atoms with E-state index in [0.29, 0.717) is 0 Å². The summed E-state index contributed by atoms with van der Waals surface area (Å²) in [4.78, 5) is 2.38. The minimum Gasteiger partial charge on any atom is -0.493 e. The van der Waals surface area contributed by atoms with Crippen molar-refractivity contribution in [2.75, 3.05) is 39.6 Å². The summed E-state index contributed by atoms with van der Waals surface area (Å²) < 4.78 is 10.6. The smallest absolute Gasteiger partial charge is 0.161 e. The molecule has 0 aliphatic carbocycles. The van der Waals surface area contributed by atoms with Gasteiger partial charge in [0.2, 0.25) is 0 Å². The molecule has 1 fully saturated rings. The molecule has 1 aromatic rings. The first-order chi connectivity index (χ1) is 10.7. The molecule has 0 bridgehead atoms. The van der Waals surface area contributed by atoms with Crippen LogP contribution in [0.1, 0.15) is 24.8 Å². The van der Waals surface area contributed by atoms with Gasteiger partial charge in [-0.1, -0.05) is 12.5 Å². The number of benzene rings is 1.